The fourth-order valence-corrected chi connectivity index (χ4v) is 2.81. The van der Waals surface area contributed by atoms with E-state index in [1.54, 1.807) is 7.11 Å². The summed E-state index contributed by atoms with van der Waals surface area (Å²) >= 11 is 0. The Labute approximate surface area is 104 Å². The van der Waals surface area contributed by atoms with Crippen LogP contribution in [0.25, 0.3) is 0 Å². The van der Waals surface area contributed by atoms with Crippen molar-refractivity contribution in [1.82, 2.24) is 0 Å². The summed E-state index contributed by atoms with van der Waals surface area (Å²) < 4.78 is 5.23. The van der Waals surface area contributed by atoms with E-state index in [1.165, 1.54) is 25.7 Å². The number of hydrogen-bond donors (Lipinski definition) is 1. The highest BCUT2D eigenvalue weighted by Crippen LogP contribution is 2.33. The van der Waals surface area contributed by atoms with E-state index in [2.05, 4.69) is 0 Å². The zero-order valence-electron chi connectivity index (χ0n) is 10.8. The largest absolute Gasteiger partial charge is 0.496 e. The van der Waals surface area contributed by atoms with Crippen LogP contribution in [0, 0.1) is 12.8 Å². The third-order valence-electron chi connectivity index (χ3n) is 3.84. The van der Waals surface area contributed by atoms with Gasteiger partial charge in [0.2, 0.25) is 0 Å². The van der Waals surface area contributed by atoms with Crippen molar-refractivity contribution in [2.24, 2.45) is 5.92 Å². The maximum absolute atomic E-state index is 10.2. The summed E-state index contributed by atoms with van der Waals surface area (Å²) in [6, 6.07) is 5.96. The first kappa shape index (κ1) is 12.4. The van der Waals surface area contributed by atoms with Gasteiger partial charge in [0.25, 0.3) is 0 Å². The first-order valence-electron chi connectivity index (χ1n) is 6.53. The lowest BCUT2D eigenvalue weighted by Gasteiger charge is -2.17. The summed E-state index contributed by atoms with van der Waals surface area (Å²) in [6.07, 6.45) is 5.82. The molecule has 0 heterocycles. The van der Waals surface area contributed by atoms with E-state index in [1.807, 2.05) is 25.1 Å². The van der Waals surface area contributed by atoms with Crippen LogP contribution in [0.5, 0.6) is 5.75 Å². The van der Waals surface area contributed by atoms with E-state index in [9.17, 15) is 5.11 Å². The fourth-order valence-electron chi connectivity index (χ4n) is 2.81. The van der Waals surface area contributed by atoms with Crippen molar-refractivity contribution in [2.75, 3.05) is 7.11 Å². The molecule has 94 valence electrons. The SMILES string of the molecule is COc1ccc(C(O)CC2CCCC2)cc1C. The van der Waals surface area contributed by atoms with Crippen molar-refractivity contribution in [3.05, 3.63) is 29.3 Å². The van der Waals surface area contributed by atoms with Crippen LogP contribution in [-0.2, 0) is 0 Å². The minimum atomic E-state index is -0.317. The average Bonchev–Trinajstić information content (AvgIpc) is 2.81. The van der Waals surface area contributed by atoms with Gasteiger partial charge in [-0.1, -0.05) is 31.7 Å². The van der Waals surface area contributed by atoms with E-state index in [0.29, 0.717) is 5.92 Å². The van der Waals surface area contributed by atoms with Gasteiger partial charge in [-0.25, -0.2) is 0 Å². The molecule has 1 aromatic rings. The molecule has 17 heavy (non-hydrogen) atoms. The summed E-state index contributed by atoms with van der Waals surface area (Å²) in [4.78, 5) is 0. The minimum absolute atomic E-state index is 0.317. The monoisotopic (exact) mass is 234 g/mol. The Bertz CT molecular complexity index is 367. The fraction of sp³-hybridized carbons (Fsp3) is 0.600. The molecule has 0 aliphatic heterocycles. The molecule has 0 aromatic heterocycles. The van der Waals surface area contributed by atoms with Crippen molar-refractivity contribution >= 4 is 0 Å². The van der Waals surface area contributed by atoms with Crippen LogP contribution in [-0.4, -0.2) is 12.2 Å². The molecule has 0 amide bonds. The van der Waals surface area contributed by atoms with Crippen molar-refractivity contribution < 1.29 is 9.84 Å². The Morgan fingerprint density at radius 3 is 2.65 bits per heavy atom. The highest BCUT2D eigenvalue weighted by atomic mass is 16.5. The lowest BCUT2D eigenvalue weighted by atomic mass is 9.95. The van der Waals surface area contributed by atoms with Crippen LogP contribution in [0.1, 0.15) is 49.3 Å². The van der Waals surface area contributed by atoms with E-state index in [4.69, 9.17) is 4.74 Å². The Hall–Kier alpha value is -1.02. The smallest absolute Gasteiger partial charge is 0.121 e. The topological polar surface area (TPSA) is 29.5 Å². The number of methoxy groups -OCH3 is 1. The van der Waals surface area contributed by atoms with Crippen LogP contribution >= 0.6 is 0 Å². The summed E-state index contributed by atoms with van der Waals surface area (Å²) in [5.41, 5.74) is 2.12. The van der Waals surface area contributed by atoms with Crippen LogP contribution in [0.2, 0.25) is 0 Å². The quantitative estimate of drug-likeness (QED) is 0.862. The second-order valence-corrected chi connectivity index (χ2v) is 5.13. The summed E-state index contributed by atoms with van der Waals surface area (Å²) in [5, 5.41) is 10.2. The Kier molecular flexibility index (Phi) is 4.06. The molecule has 1 fully saturated rings. The molecule has 0 radical (unpaired) electrons. The number of rotatable bonds is 4. The van der Waals surface area contributed by atoms with Gasteiger partial charge >= 0.3 is 0 Å². The van der Waals surface area contributed by atoms with Crippen molar-refractivity contribution in [2.45, 2.75) is 45.1 Å². The molecule has 2 heteroatoms. The second-order valence-electron chi connectivity index (χ2n) is 5.13. The molecule has 1 aliphatic carbocycles. The molecular formula is C15H22O2. The Balaban J connectivity index is 2.02. The normalized spacial score (nSPS) is 18.3. The third kappa shape index (κ3) is 3.01. The Morgan fingerprint density at radius 1 is 1.35 bits per heavy atom. The lowest BCUT2D eigenvalue weighted by Crippen LogP contribution is -2.04. The minimum Gasteiger partial charge on any atom is -0.496 e. The zero-order valence-corrected chi connectivity index (χ0v) is 10.8. The van der Waals surface area contributed by atoms with Crippen LogP contribution in [0.15, 0.2) is 18.2 Å². The number of aliphatic hydroxyl groups is 1. The highest BCUT2D eigenvalue weighted by molar-refractivity contribution is 5.36. The molecule has 1 unspecified atom stereocenters. The third-order valence-corrected chi connectivity index (χ3v) is 3.84. The molecular weight excluding hydrogens is 212 g/mol. The second kappa shape index (κ2) is 5.54. The van der Waals surface area contributed by atoms with E-state index < -0.39 is 0 Å². The van der Waals surface area contributed by atoms with Gasteiger partial charge in [-0.05, 0) is 42.5 Å². The predicted molar refractivity (Wildman–Crippen MR) is 69.3 cm³/mol. The molecule has 0 saturated heterocycles. The summed E-state index contributed by atoms with van der Waals surface area (Å²) in [7, 11) is 1.68. The predicted octanol–water partition coefficient (Wildman–Crippen LogP) is 3.62. The zero-order chi connectivity index (χ0) is 12.3. The molecule has 1 N–H and O–H groups in total. The van der Waals surface area contributed by atoms with Gasteiger partial charge in [0, 0.05) is 0 Å². The molecule has 2 nitrogen and oxygen atoms in total. The van der Waals surface area contributed by atoms with Crippen molar-refractivity contribution in [3.8, 4) is 5.75 Å². The van der Waals surface area contributed by atoms with Gasteiger partial charge in [-0.3, -0.25) is 0 Å². The van der Waals surface area contributed by atoms with Gasteiger partial charge in [-0.2, -0.15) is 0 Å². The lowest BCUT2D eigenvalue weighted by molar-refractivity contribution is 0.145. The van der Waals surface area contributed by atoms with E-state index in [0.717, 1.165) is 23.3 Å². The number of aryl methyl sites for hydroxylation is 1. The average molecular weight is 234 g/mol. The number of benzene rings is 1. The standard InChI is InChI=1S/C15H22O2/c1-11-9-13(7-8-15(11)17-2)14(16)10-12-5-3-4-6-12/h7-9,12,14,16H,3-6,10H2,1-2H3. The molecule has 0 bridgehead atoms. The molecule has 2 rings (SSSR count). The van der Waals surface area contributed by atoms with Gasteiger partial charge < -0.3 is 9.84 Å². The van der Waals surface area contributed by atoms with E-state index in [-0.39, 0.29) is 6.10 Å². The maximum Gasteiger partial charge on any atom is 0.121 e. The van der Waals surface area contributed by atoms with Gasteiger partial charge in [0.15, 0.2) is 0 Å². The summed E-state index contributed by atoms with van der Waals surface area (Å²) in [6.45, 7) is 2.02. The number of ether oxygens (including phenoxy) is 1. The van der Waals surface area contributed by atoms with Gasteiger partial charge in [0.1, 0.15) is 5.75 Å². The molecule has 1 aliphatic rings. The molecule has 1 saturated carbocycles. The molecule has 1 atom stereocenters. The van der Waals surface area contributed by atoms with Crippen LogP contribution < -0.4 is 4.74 Å². The number of hydrogen-bond acceptors (Lipinski definition) is 2. The van der Waals surface area contributed by atoms with Gasteiger partial charge in [0.05, 0.1) is 13.2 Å². The van der Waals surface area contributed by atoms with E-state index >= 15 is 0 Å². The first-order valence-corrected chi connectivity index (χ1v) is 6.53. The Morgan fingerprint density at radius 2 is 2.06 bits per heavy atom. The molecule has 0 spiro atoms. The van der Waals surface area contributed by atoms with Crippen molar-refractivity contribution in [3.63, 3.8) is 0 Å². The first-order chi connectivity index (χ1) is 8.20. The van der Waals surface area contributed by atoms with Crippen LogP contribution in [0.3, 0.4) is 0 Å². The number of aliphatic hydroxyl groups excluding tert-OH is 1. The molecule has 1 aromatic carbocycles. The summed E-state index contributed by atoms with van der Waals surface area (Å²) in [5.74, 6) is 1.61. The highest BCUT2D eigenvalue weighted by Gasteiger charge is 2.20. The van der Waals surface area contributed by atoms with Crippen LogP contribution in [0.4, 0.5) is 0 Å². The maximum atomic E-state index is 10.2. The van der Waals surface area contributed by atoms with Gasteiger partial charge in [-0.15, -0.1) is 0 Å². The van der Waals surface area contributed by atoms with Crippen molar-refractivity contribution in [1.29, 1.82) is 0 Å².